The van der Waals surface area contributed by atoms with Crippen LogP contribution in [0.2, 0.25) is 0 Å². The smallest absolute Gasteiger partial charge is 0.248 e. The van der Waals surface area contributed by atoms with Gasteiger partial charge in [0.15, 0.2) is 0 Å². The maximum Gasteiger partial charge on any atom is 0.248 e. The van der Waals surface area contributed by atoms with E-state index in [-0.39, 0.29) is 11.3 Å². The van der Waals surface area contributed by atoms with Crippen LogP contribution in [0.3, 0.4) is 0 Å². The molecule has 1 N–H and O–H groups in total. The Hall–Kier alpha value is -1.35. The molecule has 100 valence electrons. The normalized spacial score (nSPS) is 11.4. The third-order valence-electron chi connectivity index (χ3n) is 3.12. The van der Waals surface area contributed by atoms with Crippen molar-refractivity contribution in [2.45, 2.75) is 32.6 Å². The van der Waals surface area contributed by atoms with E-state index >= 15 is 0 Å². The van der Waals surface area contributed by atoms with Gasteiger partial charge in [-0.25, -0.2) is 0 Å². The number of aliphatic hydroxyl groups is 1. The van der Waals surface area contributed by atoms with Crippen LogP contribution in [0.4, 0.5) is 0 Å². The number of rotatable bonds is 4. The number of likely N-dealkylation sites (N-methyl/N-ethyl adjacent to an activating group) is 1. The Morgan fingerprint density at radius 2 is 1.78 bits per heavy atom. The fraction of sp³-hybridized carbons (Fsp3) is 0.533. The van der Waals surface area contributed by atoms with Crippen molar-refractivity contribution in [3.63, 3.8) is 0 Å². The summed E-state index contributed by atoms with van der Waals surface area (Å²) in [5.41, 5.74) is 2.69. The number of carbonyl (C=O) groups is 1. The Morgan fingerprint density at radius 3 is 2.22 bits per heavy atom. The molecule has 0 aliphatic heterocycles. The van der Waals surface area contributed by atoms with E-state index < -0.39 is 6.61 Å². The van der Waals surface area contributed by atoms with Gasteiger partial charge >= 0.3 is 0 Å². The lowest BCUT2D eigenvalue weighted by molar-refractivity contribution is -0.132. The van der Waals surface area contributed by atoms with Crippen molar-refractivity contribution in [1.82, 2.24) is 4.90 Å². The second-order valence-corrected chi connectivity index (χ2v) is 5.67. The summed E-state index contributed by atoms with van der Waals surface area (Å²) < 4.78 is 0. The first kappa shape index (κ1) is 14.7. The molecule has 1 aromatic rings. The van der Waals surface area contributed by atoms with Gasteiger partial charge in [-0.05, 0) is 23.0 Å². The zero-order chi connectivity index (χ0) is 13.8. The summed E-state index contributed by atoms with van der Waals surface area (Å²) in [5.74, 6) is -0.235. The van der Waals surface area contributed by atoms with Gasteiger partial charge in [0.05, 0.1) is 0 Å². The van der Waals surface area contributed by atoms with E-state index in [4.69, 9.17) is 5.11 Å². The number of hydrogen-bond donors (Lipinski definition) is 1. The van der Waals surface area contributed by atoms with Crippen molar-refractivity contribution in [2.75, 3.05) is 20.2 Å². The highest BCUT2D eigenvalue weighted by molar-refractivity contribution is 5.76. The minimum absolute atomic E-state index is 0.169. The topological polar surface area (TPSA) is 40.5 Å². The van der Waals surface area contributed by atoms with Crippen molar-refractivity contribution in [3.8, 4) is 0 Å². The lowest BCUT2D eigenvalue weighted by Crippen LogP contribution is -2.31. The van der Waals surface area contributed by atoms with Gasteiger partial charge < -0.3 is 10.0 Å². The molecule has 18 heavy (non-hydrogen) atoms. The molecule has 0 unspecified atom stereocenters. The van der Waals surface area contributed by atoms with Crippen molar-refractivity contribution < 1.29 is 9.90 Å². The fourth-order valence-corrected chi connectivity index (χ4v) is 1.71. The Bertz CT molecular complexity index is 390. The molecule has 3 nitrogen and oxygen atoms in total. The summed E-state index contributed by atoms with van der Waals surface area (Å²) in [7, 11) is 1.71. The third kappa shape index (κ3) is 4.15. The molecule has 1 aromatic carbocycles. The molecule has 0 fully saturated rings. The second kappa shape index (κ2) is 6.01. The highest BCUT2D eigenvalue weighted by Crippen LogP contribution is 2.22. The lowest BCUT2D eigenvalue weighted by Gasteiger charge is -2.20. The summed E-state index contributed by atoms with van der Waals surface area (Å²) >= 11 is 0. The largest absolute Gasteiger partial charge is 0.387 e. The molecular weight excluding hydrogens is 226 g/mol. The molecule has 0 bridgehead atoms. The first-order chi connectivity index (χ1) is 8.34. The minimum atomic E-state index is -0.417. The molecule has 0 atom stereocenters. The van der Waals surface area contributed by atoms with Gasteiger partial charge in [0.25, 0.3) is 0 Å². The van der Waals surface area contributed by atoms with Gasteiger partial charge in [-0.15, -0.1) is 0 Å². The van der Waals surface area contributed by atoms with Gasteiger partial charge in [0, 0.05) is 13.6 Å². The average Bonchev–Trinajstić information content (AvgIpc) is 2.34. The highest BCUT2D eigenvalue weighted by atomic mass is 16.3. The molecule has 0 heterocycles. The predicted molar refractivity (Wildman–Crippen MR) is 73.6 cm³/mol. The van der Waals surface area contributed by atoms with Crippen LogP contribution in [-0.4, -0.2) is 36.1 Å². The van der Waals surface area contributed by atoms with E-state index in [9.17, 15) is 4.79 Å². The van der Waals surface area contributed by atoms with Gasteiger partial charge in [-0.2, -0.15) is 0 Å². The maximum atomic E-state index is 11.2. The van der Waals surface area contributed by atoms with E-state index in [0.29, 0.717) is 6.54 Å². The molecule has 0 saturated carbocycles. The summed E-state index contributed by atoms with van der Waals surface area (Å²) in [6.45, 7) is 6.79. The molecule has 0 aliphatic carbocycles. The molecule has 0 saturated heterocycles. The Morgan fingerprint density at radius 1 is 1.22 bits per heavy atom. The number of amides is 1. The van der Waals surface area contributed by atoms with Crippen molar-refractivity contribution >= 4 is 5.91 Å². The molecular formula is C15H23NO2. The Labute approximate surface area is 109 Å². The zero-order valence-corrected chi connectivity index (χ0v) is 11.7. The van der Waals surface area contributed by atoms with E-state index in [1.165, 1.54) is 11.1 Å². The van der Waals surface area contributed by atoms with E-state index in [2.05, 4.69) is 45.0 Å². The summed E-state index contributed by atoms with van der Waals surface area (Å²) in [6.07, 6.45) is 0.812. The van der Waals surface area contributed by atoms with Gasteiger partial charge in [-0.3, -0.25) is 4.79 Å². The Balaban J connectivity index is 2.57. The number of aliphatic hydroxyl groups excluding tert-OH is 1. The van der Waals surface area contributed by atoms with Crippen LogP contribution in [0, 0.1) is 0 Å². The molecule has 0 aromatic heterocycles. The standard InChI is InChI=1S/C15H23NO2/c1-15(2,3)13-7-5-12(6-8-13)9-10-16(4)14(18)11-17/h5-8,17H,9-11H2,1-4H3. The maximum absolute atomic E-state index is 11.2. The van der Waals surface area contributed by atoms with Crippen LogP contribution in [0.15, 0.2) is 24.3 Å². The molecule has 0 aliphatic rings. The number of benzene rings is 1. The monoisotopic (exact) mass is 249 g/mol. The first-order valence-corrected chi connectivity index (χ1v) is 6.29. The molecule has 3 heteroatoms. The average molecular weight is 249 g/mol. The van der Waals surface area contributed by atoms with Crippen LogP contribution in [-0.2, 0) is 16.6 Å². The summed E-state index contributed by atoms with van der Waals surface area (Å²) in [6, 6.07) is 8.50. The minimum Gasteiger partial charge on any atom is -0.387 e. The number of nitrogens with zero attached hydrogens (tertiary/aromatic N) is 1. The molecule has 0 radical (unpaired) electrons. The first-order valence-electron chi connectivity index (χ1n) is 6.29. The Kier molecular flexibility index (Phi) is 4.91. The highest BCUT2D eigenvalue weighted by Gasteiger charge is 2.13. The molecule has 1 amide bonds. The van der Waals surface area contributed by atoms with E-state index in [0.717, 1.165) is 6.42 Å². The SMILES string of the molecule is CN(CCc1ccc(C(C)(C)C)cc1)C(=O)CO. The summed E-state index contributed by atoms with van der Waals surface area (Å²) in [4.78, 5) is 12.7. The van der Waals surface area contributed by atoms with Gasteiger partial charge in [-0.1, -0.05) is 45.0 Å². The van der Waals surface area contributed by atoms with Crippen LogP contribution >= 0.6 is 0 Å². The fourth-order valence-electron chi connectivity index (χ4n) is 1.71. The van der Waals surface area contributed by atoms with Crippen molar-refractivity contribution in [1.29, 1.82) is 0 Å². The van der Waals surface area contributed by atoms with Gasteiger partial charge in [0.1, 0.15) is 6.61 Å². The number of hydrogen-bond acceptors (Lipinski definition) is 2. The van der Waals surface area contributed by atoms with Crippen molar-refractivity contribution in [3.05, 3.63) is 35.4 Å². The van der Waals surface area contributed by atoms with Crippen LogP contribution in [0.25, 0.3) is 0 Å². The lowest BCUT2D eigenvalue weighted by atomic mass is 9.86. The summed E-state index contributed by atoms with van der Waals surface area (Å²) in [5, 5.41) is 8.74. The van der Waals surface area contributed by atoms with E-state index in [1.54, 1.807) is 11.9 Å². The van der Waals surface area contributed by atoms with Crippen molar-refractivity contribution in [2.24, 2.45) is 0 Å². The predicted octanol–water partition coefficient (Wildman–Crippen LogP) is 1.98. The zero-order valence-electron chi connectivity index (χ0n) is 11.7. The molecule has 0 spiro atoms. The molecule has 1 rings (SSSR count). The van der Waals surface area contributed by atoms with E-state index in [1.807, 2.05) is 0 Å². The van der Waals surface area contributed by atoms with Gasteiger partial charge in [0.2, 0.25) is 5.91 Å². The van der Waals surface area contributed by atoms with Crippen LogP contribution < -0.4 is 0 Å². The second-order valence-electron chi connectivity index (χ2n) is 5.67. The number of carbonyl (C=O) groups excluding carboxylic acids is 1. The quantitative estimate of drug-likeness (QED) is 0.886. The van der Waals surface area contributed by atoms with Crippen LogP contribution in [0.5, 0.6) is 0 Å². The van der Waals surface area contributed by atoms with Crippen LogP contribution in [0.1, 0.15) is 31.9 Å². The third-order valence-corrected chi connectivity index (χ3v) is 3.12.